The van der Waals surface area contributed by atoms with Crippen molar-refractivity contribution in [1.29, 1.82) is 0 Å². The van der Waals surface area contributed by atoms with Crippen LogP contribution in [0.5, 0.6) is 0 Å². The first-order valence-corrected chi connectivity index (χ1v) is 4.54. The fraction of sp³-hybridized carbons (Fsp3) is 0.600. The highest BCUT2D eigenvalue weighted by Crippen LogP contribution is 2.43. The predicted octanol–water partition coefficient (Wildman–Crippen LogP) is 1.97. The van der Waals surface area contributed by atoms with Crippen molar-refractivity contribution in [3.05, 3.63) is 23.7 Å². The molecule has 1 aliphatic carbocycles. The quantitative estimate of drug-likeness (QED) is 0.727. The summed E-state index contributed by atoms with van der Waals surface area (Å²) in [5.74, 6) is 2.08. The van der Waals surface area contributed by atoms with Crippen molar-refractivity contribution in [3.63, 3.8) is 0 Å². The SMILES string of the molecule is Cc1ccc(C2(CN)CCC2)o1. The van der Waals surface area contributed by atoms with Crippen molar-refractivity contribution in [1.82, 2.24) is 0 Å². The van der Waals surface area contributed by atoms with Gasteiger partial charge in [0.2, 0.25) is 0 Å². The van der Waals surface area contributed by atoms with Crippen molar-refractivity contribution in [3.8, 4) is 0 Å². The molecule has 1 saturated carbocycles. The molecule has 0 bridgehead atoms. The molecule has 66 valence electrons. The topological polar surface area (TPSA) is 39.2 Å². The molecule has 0 saturated heterocycles. The molecular weight excluding hydrogens is 150 g/mol. The van der Waals surface area contributed by atoms with Gasteiger partial charge in [0, 0.05) is 12.0 Å². The fourth-order valence-corrected chi connectivity index (χ4v) is 1.87. The van der Waals surface area contributed by atoms with Crippen molar-refractivity contribution in [2.24, 2.45) is 5.73 Å². The Balaban J connectivity index is 2.27. The maximum absolute atomic E-state index is 5.75. The first-order valence-electron chi connectivity index (χ1n) is 4.54. The van der Waals surface area contributed by atoms with Gasteiger partial charge in [-0.25, -0.2) is 0 Å². The van der Waals surface area contributed by atoms with E-state index < -0.39 is 0 Å². The van der Waals surface area contributed by atoms with Crippen LogP contribution in [-0.2, 0) is 5.41 Å². The zero-order valence-electron chi connectivity index (χ0n) is 7.47. The van der Waals surface area contributed by atoms with Crippen LogP contribution in [0.1, 0.15) is 30.8 Å². The average Bonchev–Trinajstić information content (AvgIpc) is 2.35. The Hall–Kier alpha value is -0.760. The first-order chi connectivity index (χ1) is 5.77. The highest BCUT2D eigenvalue weighted by molar-refractivity contribution is 5.20. The Kier molecular flexibility index (Phi) is 1.72. The van der Waals surface area contributed by atoms with E-state index in [0.717, 1.165) is 18.1 Å². The second-order valence-electron chi connectivity index (χ2n) is 3.75. The molecule has 1 fully saturated rings. The number of rotatable bonds is 2. The van der Waals surface area contributed by atoms with Crippen LogP contribution in [0.4, 0.5) is 0 Å². The van der Waals surface area contributed by atoms with E-state index in [0.29, 0.717) is 0 Å². The van der Waals surface area contributed by atoms with Crippen LogP contribution < -0.4 is 5.73 Å². The van der Waals surface area contributed by atoms with Crippen molar-refractivity contribution >= 4 is 0 Å². The molecule has 0 spiro atoms. The molecule has 0 amide bonds. The highest BCUT2D eigenvalue weighted by atomic mass is 16.3. The third-order valence-electron chi connectivity index (χ3n) is 2.96. The Morgan fingerprint density at radius 3 is 2.58 bits per heavy atom. The Bertz CT molecular complexity index is 268. The monoisotopic (exact) mass is 165 g/mol. The van der Waals surface area contributed by atoms with Gasteiger partial charge in [-0.3, -0.25) is 0 Å². The van der Waals surface area contributed by atoms with Gasteiger partial charge in [-0.2, -0.15) is 0 Å². The number of aryl methyl sites for hydroxylation is 1. The van der Waals surface area contributed by atoms with E-state index >= 15 is 0 Å². The lowest BCUT2D eigenvalue weighted by Crippen LogP contribution is -2.41. The third-order valence-corrected chi connectivity index (χ3v) is 2.96. The zero-order chi connectivity index (χ0) is 8.60. The first kappa shape index (κ1) is 7.87. The summed E-state index contributed by atoms with van der Waals surface area (Å²) in [5.41, 5.74) is 5.94. The van der Waals surface area contributed by atoms with Crippen LogP contribution in [0.2, 0.25) is 0 Å². The largest absolute Gasteiger partial charge is 0.466 e. The summed E-state index contributed by atoms with van der Waals surface area (Å²) >= 11 is 0. The molecule has 1 aliphatic rings. The molecule has 0 radical (unpaired) electrons. The lowest BCUT2D eigenvalue weighted by Gasteiger charge is -2.38. The molecule has 2 nitrogen and oxygen atoms in total. The van der Waals surface area contributed by atoms with E-state index in [-0.39, 0.29) is 5.41 Å². The fourth-order valence-electron chi connectivity index (χ4n) is 1.87. The van der Waals surface area contributed by atoms with E-state index in [2.05, 4.69) is 6.07 Å². The number of hydrogen-bond acceptors (Lipinski definition) is 2. The summed E-state index contributed by atoms with van der Waals surface area (Å²) in [6.45, 7) is 2.70. The van der Waals surface area contributed by atoms with Crippen LogP contribution in [-0.4, -0.2) is 6.54 Å². The smallest absolute Gasteiger partial charge is 0.111 e. The van der Waals surface area contributed by atoms with Crippen LogP contribution >= 0.6 is 0 Å². The molecule has 2 N–H and O–H groups in total. The molecule has 2 rings (SSSR count). The maximum atomic E-state index is 5.75. The summed E-state index contributed by atoms with van der Waals surface area (Å²) in [6, 6.07) is 4.09. The van der Waals surface area contributed by atoms with Gasteiger partial charge in [-0.05, 0) is 31.9 Å². The second-order valence-corrected chi connectivity index (χ2v) is 3.75. The van der Waals surface area contributed by atoms with E-state index in [4.69, 9.17) is 10.2 Å². The minimum Gasteiger partial charge on any atom is -0.466 e. The van der Waals surface area contributed by atoms with Crippen molar-refractivity contribution in [2.45, 2.75) is 31.6 Å². The van der Waals surface area contributed by atoms with Gasteiger partial charge in [-0.1, -0.05) is 6.42 Å². The summed E-state index contributed by atoms with van der Waals surface area (Å²) in [5, 5.41) is 0. The molecule has 1 aromatic rings. The molecule has 0 unspecified atom stereocenters. The Morgan fingerprint density at radius 1 is 1.50 bits per heavy atom. The molecule has 1 aromatic heterocycles. The normalized spacial score (nSPS) is 20.5. The molecular formula is C10H15NO. The van der Waals surface area contributed by atoms with Crippen LogP contribution in [0.3, 0.4) is 0 Å². The summed E-state index contributed by atoms with van der Waals surface area (Å²) in [4.78, 5) is 0. The van der Waals surface area contributed by atoms with Gasteiger partial charge in [0.1, 0.15) is 11.5 Å². The van der Waals surface area contributed by atoms with Crippen molar-refractivity contribution in [2.75, 3.05) is 6.54 Å². The predicted molar refractivity (Wildman–Crippen MR) is 48.0 cm³/mol. The van der Waals surface area contributed by atoms with Gasteiger partial charge in [0.05, 0.1) is 0 Å². The Morgan fingerprint density at radius 2 is 2.25 bits per heavy atom. The maximum Gasteiger partial charge on any atom is 0.111 e. The van der Waals surface area contributed by atoms with Crippen molar-refractivity contribution < 1.29 is 4.42 Å². The van der Waals surface area contributed by atoms with Gasteiger partial charge in [0.25, 0.3) is 0 Å². The summed E-state index contributed by atoms with van der Waals surface area (Å²) < 4.78 is 5.60. The van der Waals surface area contributed by atoms with E-state index in [1.165, 1.54) is 19.3 Å². The second kappa shape index (κ2) is 2.63. The van der Waals surface area contributed by atoms with Gasteiger partial charge in [0.15, 0.2) is 0 Å². The molecule has 12 heavy (non-hydrogen) atoms. The molecule has 0 atom stereocenters. The standard InChI is InChI=1S/C10H15NO/c1-8-3-4-9(12-8)10(7-11)5-2-6-10/h3-4H,2,5-7,11H2,1H3. The summed E-state index contributed by atoms with van der Waals surface area (Å²) in [6.07, 6.45) is 3.67. The molecule has 1 heterocycles. The van der Waals surface area contributed by atoms with Crippen LogP contribution in [0, 0.1) is 6.92 Å². The van der Waals surface area contributed by atoms with Crippen LogP contribution in [0.25, 0.3) is 0 Å². The molecule has 0 aliphatic heterocycles. The lowest BCUT2D eigenvalue weighted by molar-refractivity contribution is 0.206. The molecule has 0 aromatic carbocycles. The van der Waals surface area contributed by atoms with Gasteiger partial charge < -0.3 is 10.2 Å². The van der Waals surface area contributed by atoms with Crippen LogP contribution in [0.15, 0.2) is 16.5 Å². The zero-order valence-corrected chi connectivity index (χ0v) is 7.47. The number of nitrogens with two attached hydrogens (primary N) is 1. The minimum absolute atomic E-state index is 0.189. The summed E-state index contributed by atoms with van der Waals surface area (Å²) in [7, 11) is 0. The Labute approximate surface area is 72.7 Å². The number of hydrogen-bond donors (Lipinski definition) is 1. The minimum atomic E-state index is 0.189. The third kappa shape index (κ3) is 0.985. The molecule has 2 heteroatoms. The van der Waals surface area contributed by atoms with E-state index in [1.807, 2.05) is 13.0 Å². The lowest BCUT2D eigenvalue weighted by atomic mass is 9.67. The van der Waals surface area contributed by atoms with E-state index in [9.17, 15) is 0 Å². The van der Waals surface area contributed by atoms with Gasteiger partial charge >= 0.3 is 0 Å². The van der Waals surface area contributed by atoms with E-state index in [1.54, 1.807) is 0 Å². The highest BCUT2D eigenvalue weighted by Gasteiger charge is 2.39. The average molecular weight is 165 g/mol. The number of furan rings is 1. The van der Waals surface area contributed by atoms with Gasteiger partial charge in [-0.15, -0.1) is 0 Å².